The van der Waals surface area contributed by atoms with Gasteiger partial charge in [0.1, 0.15) is 0 Å². The average molecular weight is 372 g/mol. The molecule has 0 saturated heterocycles. The van der Waals surface area contributed by atoms with Crippen molar-refractivity contribution < 1.29 is 4.21 Å². The minimum atomic E-state index is -1.10. The molecule has 2 aliphatic heterocycles. The number of benzene rings is 3. The first kappa shape index (κ1) is 16.3. The molecule has 0 saturated carbocycles. The van der Waals surface area contributed by atoms with Crippen molar-refractivity contribution in [3.63, 3.8) is 0 Å². The fourth-order valence-electron chi connectivity index (χ4n) is 3.94. The van der Waals surface area contributed by atoms with Crippen LogP contribution in [0.1, 0.15) is 11.1 Å². The summed E-state index contributed by atoms with van der Waals surface area (Å²) in [4.78, 5) is 6.33. The summed E-state index contributed by atoms with van der Waals surface area (Å²) in [6.07, 6.45) is 2.19. The van der Waals surface area contributed by atoms with Crippen molar-refractivity contribution in [1.29, 1.82) is 0 Å². The van der Waals surface area contributed by atoms with Gasteiger partial charge in [-0.05, 0) is 41.8 Å². The zero-order valence-electron chi connectivity index (χ0n) is 15.3. The van der Waals surface area contributed by atoms with E-state index >= 15 is 0 Å². The van der Waals surface area contributed by atoms with E-state index in [2.05, 4.69) is 78.5 Å². The predicted octanol–water partition coefficient (Wildman–Crippen LogP) is 4.85. The van der Waals surface area contributed by atoms with Crippen LogP contribution < -0.4 is 4.90 Å². The molecule has 0 fully saturated rings. The summed E-state index contributed by atoms with van der Waals surface area (Å²) >= 11 is 0. The summed E-state index contributed by atoms with van der Waals surface area (Å²) in [6.45, 7) is 2.94. The molecule has 1 atom stereocenters. The second kappa shape index (κ2) is 6.10. The first-order valence-corrected chi connectivity index (χ1v) is 10.2. The molecule has 1 unspecified atom stereocenters. The predicted molar refractivity (Wildman–Crippen MR) is 111 cm³/mol. The first-order chi connectivity index (χ1) is 13.1. The van der Waals surface area contributed by atoms with Crippen LogP contribution in [0.5, 0.6) is 0 Å². The van der Waals surface area contributed by atoms with Crippen LogP contribution in [-0.4, -0.2) is 22.8 Å². The lowest BCUT2D eigenvalue weighted by molar-refractivity contribution is 0.516. The van der Waals surface area contributed by atoms with Gasteiger partial charge in [0, 0.05) is 24.5 Å². The SMILES string of the molecule is Cc1ccccc1N1C=C(c2ccc3c(c2)S(=O)c2ccccc2-3)N(C)C1. The van der Waals surface area contributed by atoms with Gasteiger partial charge in [-0.3, -0.25) is 0 Å². The molecule has 0 amide bonds. The molecule has 0 aliphatic carbocycles. The third kappa shape index (κ3) is 2.52. The maximum Gasteiger partial charge on any atom is 0.0944 e. The van der Waals surface area contributed by atoms with Gasteiger partial charge in [-0.25, -0.2) is 4.21 Å². The van der Waals surface area contributed by atoms with Crippen LogP contribution in [0.3, 0.4) is 0 Å². The van der Waals surface area contributed by atoms with E-state index in [9.17, 15) is 4.21 Å². The largest absolute Gasteiger partial charge is 0.355 e. The van der Waals surface area contributed by atoms with Gasteiger partial charge in [0.05, 0.1) is 33.0 Å². The van der Waals surface area contributed by atoms with Crippen molar-refractivity contribution in [3.8, 4) is 11.1 Å². The van der Waals surface area contributed by atoms with E-state index in [1.54, 1.807) is 0 Å². The van der Waals surface area contributed by atoms with Crippen molar-refractivity contribution in [2.75, 3.05) is 18.6 Å². The summed E-state index contributed by atoms with van der Waals surface area (Å²) in [5.41, 5.74) is 6.91. The van der Waals surface area contributed by atoms with Crippen LogP contribution in [0.2, 0.25) is 0 Å². The molecule has 3 nitrogen and oxygen atoms in total. The van der Waals surface area contributed by atoms with E-state index in [0.717, 1.165) is 38.8 Å². The Labute approximate surface area is 162 Å². The molecule has 0 bridgehead atoms. The minimum Gasteiger partial charge on any atom is -0.355 e. The van der Waals surface area contributed by atoms with Crippen LogP contribution in [0.25, 0.3) is 16.8 Å². The Balaban J connectivity index is 1.56. The van der Waals surface area contributed by atoms with Gasteiger partial charge in [-0.1, -0.05) is 48.5 Å². The van der Waals surface area contributed by atoms with E-state index < -0.39 is 10.8 Å². The molecule has 0 spiro atoms. The topological polar surface area (TPSA) is 23.6 Å². The summed E-state index contributed by atoms with van der Waals surface area (Å²) in [5, 5.41) is 0. The van der Waals surface area contributed by atoms with Crippen LogP contribution in [0, 0.1) is 6.92 Å². The van der Waals surface area contributed by atoms with Gasteiger partial charge in [-0.15, -0.1) is 0 Å². The second-order valence-corrected chi connectivity index (χ2v) is 8.50. The normalized spacial score (nSPS) is 17.7. The number of aryl methyl sites for hydroxylation is 1. The lowest BCUT2D eigenvalue weighted by atomic mass is 10.0. The third-order valence-electron chi connectivity index (χ3n) is 5.33. The molecule has 3 aromatic rings. The molecule has 2 aliphatic rings. The van der Waals surface area contributed by atoms with Crippen LogP contribution in [0.4, 0.5) is 5.69 Å². The molecule has 5 rings (SSSR count). The van der Waals surface area contributed by atoms with Crippen molar-refractivity contribution in [1.82, 2.24) is 4.90 Å². The summed E-state index contributed by atoms with van der Waals surface area (Å²) in [5.74, 6) is 0. The smallest absolute Gasteiger partial charge is 0.0944 e. The molecule has 0 N–H and O–H groups in total. The number of rotatable bonds is 2. The monoisotopic (exact) mass is 372 g/mol. The number of para-hydroxylation sites is 1. The number of fused-ring (bicyclic) bond motifs is 3. The summed E-state index contributed by atoms with van der Waals surface area (Å²) < 4.78 is 12.9. The molecule has 2 heterocycles. The highest BCUT2D eigenvalue weighted by Crippen LogP contribution is 2.42. The number of hydrogen-bond acceptors (Lipinski definition) is 3. The highest BCUT2D eigenvalue weighted by atomic mass is 32.2. The van der Waals surface area contributed by atoms with Crippen LogP contribution >= 0.6 is 0 Å². The number of nitrogens with zero attached hydrogens (tertiary/aromatic N) is 2. The highest BCUT2D eigenvalue weighted by molar-refractivity contribution is 7.85. The molecular weight excluding hydrogens is 352 g/mol. The quantitative estimate of drug-likeness (QED) is 0.502. The van der Waals surface area contributed by atoms with Crippen molar-refractivity contribution in [2.24, 2.45) is 0 Å². The van der Waals surface area contributed by atoms with Crippen LogP contribution in [0.15, 0.2) is 82.7 Å². The zero-order valence-corrected chi connectivity index (χ0v) is 16.2. The average Bonchev–Trinajstić information content (AvgIpc) is 3.21. The van der Waals surface area contributed by atoms with Gasteiger partial charge < -0.3 is 9.80 Å². The van der Waals surface area contributed by atoms with Crippen molar-refractivity contribution in [2.45, 2.75) is 16.7 Å². The fourth-order valence-corrected chi connectivity index (χ4v) is 5.37. The van der Waals surface area contributed by atoms with E-state index in [0.29, 0.717) is 0 Å². The lowest BCUT2D eigenvalue weighted by Crippen LogP contribution is -2.23. The van der Waals surface area contributed by atoms with Gasteiger partial charge in [0.15, 0.2) is 0 Å². The third-order valence-corrected chi connectivity index (χ3v) is 6.83. The molecule has 4 heteroatoms. The molecular formula is C23H20N2OS. The Bertz CT molecular complexity index is 1120. The Morgan fingerprint density at radius 2 is 1.63 bits per heavy atom. The molecule has 0 aromatic heterocycles. The Hall–Kier alpha value is -2.85. The summed E-state index contributed by atoms with van der Waals surface area (Å²) in [6, 6.07) is 22.7. The Morgan fingerprint density at radius 3 is 2.48 bits per heavy atom. The fraction of sp³-hybridized carbons (Fsp3) is 0.130. The molecule has 134 valence electrons. The van der Waals surface area contributed by atoms with Gasteiger partial charge in [0.2, 0.25) is 0 Å². The first-order valence-electron chi connectivity index (χ1n) is 9.04. The standard InChI is InChI=1S/C23H20N2OS/c1-16-7-3-5-9-20(16)25-14-21(24(2)15-25)17-11-12-19-18-8-4-6-10-22(18)27(26)23(19)13-17/h3-14H,15H2,1-2H3. The zero-order chi connectivity index (χ0) is 18.5. The minimum absolute atomic E-state index is 0.806. The second-order valence-electron chi connectivity index (χ2n) is 7.09. The molecule has 0 radical (unpaired) electrons. The maximum atomic E-state index is 12.9. The summed E-state index contributed by atoms with van der Waals surface area (Å²) in [7, 11) is 0.998. The van der Waals surface area contributed by atoms with Gasteiger partial charge in [0.25, 0.3) is 0 Å². The Kier molecular flexibility index (Phi) is 3.69. The van der Waals surface area contributed by atoms with Gasteiger partial charge in [-0.2, -0.15) is 0 Å². The maximum absolute atomic E-state index is 12.9. The van der Waals surface area contributed by atoms with Crippen molar-refractivity contribution in [3.05, 3.63) is 84.1 Å². The van der Waals surface area contributed by atoms with E-state index in [-0.39, 0.29) is 0 Å². The van der Waals surface area contributed by atoms with Crippen molar-refractivity contribution >= 4 is 22.2 Å². The molecule has 3 aromatic carbocycles. The number of anilines is 1. The van der Waals surface area contributed by atoms with E-state index in [1.165, 1.54) is 11.3 Å². The number of hydrogen-bond donors (Lipinski definition) is 0. The van der Waals surface area contributed by atoms with Crippen LogP contribution in [-0.2, 0) is 10.8 Å². The lowest BCUT2D eigenvalue weighted by Gasteiger charge is -2.21. The van der Waals surface area contributed by atoms with E-state index in [1.807, 2.05) is 18.2 Å². The van der Waals surface area contributed by atoms with E-state index in [4.69, 9.17) is 0 Å². The molecule has 27 heavy (non-hydrogen) atoms. The highest BCUT2D eigenvalue weighted by Gasteiger charge is 2.27. The Morgan fingerprint density at radius 1 is 0.889 bits per heavy atom. The van der Waals surface area contributed by atoms with Gasteiger partial charge >= 0.3 is 0 Å².